The van der Waals surface area contributed by atoms with E-state index in [2.05, 4.69) is 54.1 Å². The molecule has 3 aromatic carbocycles. The van der Waals surface area contributed by atoms with Crippen LogP contribution in [0.1, 0.15) is 5.01 Å². The topological polar surface area (TPSA) is 64.7 Å². The average Bonchev–Trinajstić information content (AvgIpc) is 3.23. The number of aromatic nitrogens is 1. The van der Waals surface area contributed by atoms with E-state index in [-0.39, 0.29) is 12.7 Å². The van der Waals surface area contributed by atoms with Crippen LogP contribution in [0.25, 0.3) is 27.1 Å². The summed E-state index contributed by atoms with van der Waals surface area (Å²) in [6.07, 6.45) is 1.95. The number of benzene rings is 3. The first-order valence-electron chi connectivity index (χ1n) is 9.52. The van der Waals surface area contributed by atoms with Crippen molar-refractivity contribution < 1.29 is 18.9 Å². The summed E-state index contributed by atoms with van der Waals surface area (Å²) in [7, 11) is -2.01. The van der Waals surface area contributed by atoms with Crippen molar-refractivity contribution in [3.05, 3.63) is 70.7 Å². The molecule has 0 radical (unpaired) electrons. The Morgan fingerprint density at radius 3 is 2.67 bits per heavy atom. The number of aryl methyl sites for hydroxylation is 1. The molecule has 0 spiro atoms. The van der Waals surface area contributed by atoms with E-state index in [9.17, 15) is 14.4 Å². The predicted molar refractivity (Wildman–Crippen MR) is 125 cm³/mol. The molecule has 30 heavy (non-hydrogen) atoms. The van der Waals surface area contributed by atoms with Gasteiger partial charge < -0.3 is 14.7 Å². The van der Waals surface area contributed by atoms with Crippen molar-refractivity contribution in [3.63, 3.8) is 0 Å². The third-order valence-corrected chi connectivity index (χ3v) is 8.29. The standard InChI is InChI=1S/C22H19N2O3PS2/c1-23-20(30-19-11-10-15-6-2-3-7-16(15)22(19)23)14-21-24(12-13-28(25,26)27)17-8-4-5-9-18(17)29-21/h2-11,14H,12-13H2,1H3,(H-,25,26,27)/p+1. The van der Waals surface area contributed by atoms with Crippen LogP contribution in [-0.2, 0) is 11.6 Å². The van der Waals surface area contributed by atoms with E-state index in [0.29, 0.717) is 0 Å². The maximum absolute atomic E-state index is 11.5. The van der Waals surface area contributed by atoms with Crippen molar-refractivity contribution in [2.45, 2.75) is 4.90 Å². The highest BCUT2D eigenvalue weighted by molar-refractivity contribution is 8.03. The zero-order valence-corrected chi connectivity index (χ0v) is 18.8. The molecule has 5 nitrogen and oxygen atoms in total. The van der Waals surface area contributed by atoms with Crippen LogP contribution >= 0.6 is 30.7 Å². The van der Waals surface area contributed by atoms with Gasteiger partial charge in [0.2, 0.25) is 5.52 Å². The second-order valence-corrected chi connectivity index (χ2v) is 11.1. The molecule has 1 aliphatic rings. The van der Waals surface area contributed by atoms with Crippen LogP contribution in [0.5, 0.6) is 0 Å². The summed E-state index contributed by atoms with van der Waals surface area (Å²) < 4.78 is 14.9. The predicted octanol–water partition coefficient (Wildman–Crippen LogP) is 4.97. The Morgan fingerprint density at radius 2 is 1.83 bits per heavy atom. The number of rotatable bonds is 4. The highest BCUT2D eigenvalue weighted by atomic mass is 32.2. The van der Waals surface area contributed by atoms with Crippen LogP contribution in [0.15, 0.2) is 70.6 Å². The second-order valence-electron chi connectivity index (χ2n) is 7.23. The fourth-order valence-electron chi connectivity index (χ4n) is 3.81. The van der Waals surface area contributed by atoms with Gasteiger partial charge in [0.1, 0.15) is 11.7 Å². The molecule has 0 unspecified atom stereocenters. The maximum Gasteiger partial charge on any atom is 0.327 e. The SMILES string of the molecule is C[n+]1c(/C=C2\Sc3ccccc3N2CCP(=O)(O)O)sc2ccc3ccccc3c21. The lowest BCUT2D eigenvalue weighted by atomic mass is 10.1. The normalized spacial score (nSPS) is 15.4. The van der Waals surface area contributed by atoms with Crippen molar-refractivity contribution in [2.75, 3.05) is 17.6 Å². The van der Waals surface area contributed by atoms with Gasteiger partial charge in [-0.05, 0) is 29.7 Å². The first-order valence-corrected chi connectivity index (χ1v) is 12.9. The molecule has 0 fully saturated rings. The number of hydrogen-bond donors (Lipinski definition) is 2. The second kappa shape index (κ2) is 7.52. The molecule has 5 rings (SSSR count). The summed E-state index contributed by atoms with van der Waals surface area (Å²) in [4.78, 5) is 21.9. The van der Waals surface area contributed by atoms with Gasteiger partial charge in [-0.25, -0.2) is 0 Å². The summed E-state index contributed by atoms with van der Waals surface area (Å²) in [6, 6.07) is 20.7. The maximum atomic E-state index is 11.5. The Balaban J connectivity index is 1.61. The van der Waals surface area contributed by atoms with Crippen molar-refractivity contribution in [3.8, 4) is 0 Å². The quantitative estimate of drug-likeness (QED) is 0.336. The average molecular weight is 456 g/mol. The summed E-state index contributed by atoms with van der Waals surface area (Å²) in [6.45, 7) is 0.275. The molecule has 4 aromatic rings. The van der Waals surface area contributed by atoms with Gasteiger partial charge in [0.15, 0.2) is 0 Å². The molecule has 2 heterocycles. The van der Waals surface area contributed by atoms with Gasteiger partial charge in [0.05, 0.1) is 28.3 Å². The van der Waals surface area contributed by atoms with Crippen LogP contribution in [0, 0.1) is 0 Å². The van der Waals surface area contributed by atoms with Crippen LogP contribution < -0.4 is 9.47 Å². The van der Waals surface area contributed by atoms with Gasteiger partial charge in [0, 0.05) is 11.4 Å². The zero-order chi connectivity index (χ0) is 20.9. The monoisotopic (exact) mass is 455 g/mol. The van der Waals surface area contributed by atoms with Crippen molar-refractivity contribution in [2.24, 2.45) is 7.05 Å². The Morgan fingerprint density at radius 1 is 1.07 bits per heavy atom. The van der Waals surface area contributed by atoms with Crippen molar-refractivity contribution in [1.82, 2.24) is 0 Å². The molecule has 0 saturated heterocycles. The van der Waals surface area contributed by atoms with Crippen LogP contribution in [0.2, 0.25) is 0 Å². The fraction of sp³-hybridized carbons (Fsp3) is 0.136. The molecule has 0 bridgehead atoms. The summed E-state index contributed by atoms with van der Waals surface area (Å²) in [5, 5.41) is 4.51. The lowest BCUT2D eigenvalue weighted by Crippen LogP contribution is -2.30. The zero-order valence-electron chi connectivity index (χ0n) is 16.2. The van der Waals surface area contributed by atoms with E-state index in [4.69, 9.17) is 0 Å². The van der Waals surface area contributed by atoms with E-state index in [1.807, 2.05) is 29.2 Å². The number of thiazole rings is 1. The van der Waals surface area contributed by atoms with E-state index in [1.165, 1.54) is 21.0 Å². The fourth-order valence-corrected chi connectivity index (χ4v) is 6.57. The Bertz CT molecular complexity index is 1360. The highest BCUT2D eigenvalue weighted by Crippen LogP contribution is 2.47. The van der Waals surface area contributed by atoms with Crippen molar-refractivity contribution >= 4 is 63.4 Å². The van der Waals surface area contributed by atoms with E-state index in [0.717, 1.165) is 20.6 Å². The van der Waals surface area contributed by atoms with E-state index < -0.39 is 7.60 Å². The third kappa shape index (κ3) is 3.57. The minimum absolute atomic E-state index is 0.178. The number of fused-ring (bicyclic) bond motifs is 4. The molecule has 1 aromatic heterocycles. The lowest BCUT2D eigenvalue weighted by Gasteiger charge is -2.20. The van der Waals surface area contributed by atoms with Gasteiger partial charge in [-0.1, -0.05) is 59.5 Å². The molecule has 0 atom stereocenters. The van der Waals surface area contributed by atoms with Gasteiger partial charge in [-0.2, -0.15) is 4.57 Å². The molecule has 8 heteroatoms. The van der Waals surface area contributed by atoms with Gasteiger partial charge in [0.25, 0.3) is 5.01 Å². The third-order valence-electron chi connectivity index (χ3n) is 5.24. The molecule has 1 aliphatic heterocycles. The number of para-hydroxylation sites is 1. The molecule has 2 N–H and O–H groups in total. The molecule has 152 valence electrons. The number of anilines is 1. The molecule has 0 amide bonds. The molecule has 0 aliphatic carbocycles. The Hall–Kier alpha value is -2.15. The highest BCUT2D eigenvalue weighted by Gasteiger charge is 2.29. The molecule has 0 saturated carbocycles. The van der Waals surface area contributed by atoms with E-state index in [1.54, 1.807) is 23.1 Å². The first kappa shape index (κ1) is 19.8. The summed E-state index contributed by atoms with van der Waals surface area (Å²) in [5.41, 5.74) is 2.20. The van der Waals surface area contributed by atoms with E-state index >= 15 is 0 Å². The van der Waals surface area contributed by atoms with Crippen LogP contribution in [0.3, 0.4) is 0 Å². The summed E-state index contributed by atoms with van der Waals surface area (Å²) >= 11 is 3.36. The van der Waals surface area contributed by atoms with Crippen LogP contribution in [0.4, 0.5) is 5.69 Å². The smallest absolute Gasteiger partial charge is 0.327 e. The Kier molecular flexibility index (Phi) is 4.96. The number of hydrogen-bond acceptors (Lipinski definition) is 4. The van der Waals surface area contributed by atoms with Gasteiger partial charge >= 0.3 is 7.60 Å². The summed E-state index contributed by atoms with van der Waals surface area (Å²) in [5.74, 6) is 0. The molecular formula is C22H20N2O3PS2+. The largest absolute Gasteiger partial charge is 0.334 e. The minimum Gasteiger partial charge on any atom is -0.334 e. The number of thioether (sulfide) groups is 1. The minimum atomic E-state index is -4.08. The Labute approximate surface area is 182 Å². The van der Waals surface area contributed by atoms with Gasteiger partial charge in [-0.15, -0.1) is 0 Å². The first-order chi connectivity index (χ1) is 14.4. The number of nitrogens with zero attached hydrogens (tertiary/aromatic N) is 2. The molecular weight excluding hydrogens is 435 g/mol. The lowest BCUT2D eigenvalue weighted by molar-refractivity contribution is -0.641. The van der Waals surface area contributed by atoms with Crippen LogP contribution in [-0.4, -0.2) is 22.5 Å². The van der Waals surface area contributed by atoms with Gasteiger partial charge in [-0.3, -0.25) is 4.57 Å². The van der Waals surface area contributed by atoms with Crippen molar-refractivity contribution in [1.29, 1.82) is 0 Å².